The van der Waals surface area contributed by atoms with Crippen molar-refractivity contribution in [3.05, 3.63) is 53.6 Å². The van der Waals surface area contributed by atoms with Crippen molar-refractivity contribution in [2.75, 3.05) is 7.11 Å². The van der Waals surface area contributed by atoms with E-state index in [1.54, 1.807) is 19.5 Å². The number of aromatic nitrogens is 2. The van der Waals surface area contributed by atoms with Gasteiger partial charge in [0.2, 0.25) is 0 Å². The second-order valence-electron chi connectivity index (χ2n) is 3.90. The van der Waals surface area contributed by atoms with E-state index in [-0.39, 0.29) is 6.04 Å². The van der Waals surface area contributed by atoms with Crippen molar-refractivity contribution in [3.63, 3.8) is 0 Å². The van der Waals surface area contributed by atoms with Crippen LogP contribution in [-0.2, 0) is 0 Å². The second-order valence-corrected chi connectivity index (χ2v) is 3.90. The molecule has 0 bridgehead atoms. The third-order valence-corrected chi connectivity index (χ3v) is 2.78. The van der Waals surface area contributed by atoms with Crippen LogP contribution in [0.1, 0.15) is 23.0 Å². The van der Waals surface area contributed by atoms with E-state index in [2.05, 4.69) is 15.4 Å². The highest BCUT2D eigenvalue weighted by molar-refractivity contribution is 5.36. The summed E-state index contributed by atoms with van der Waals surface area (Å²) in [6.45, 7) is 1.99. The molecule has 0 spiro atoms. The molecule has 2 aromatic heterocycles. The highest BCUT2D eigenvalue weighted by atomic mass is 16.5. The van der Waals surface area contributed by atoms with Gasteiger partial charge in [0.25, 0.3) is 0 Å². The van der Waals surface area contributed by atoms with E-state index in [0.29, 0.717) is 5.75 Å². The molecule has 18 heavy (non-hydrogen) atoms. The Balaban J connectivity index is 2.49. The molecule has 1 unspecified atom stereocenters. The van der Waals surface area contributed by atoms with Gasteiger partial charge in [-0.25, -0.2) is 5.43 Å². The summed E-state index contributed by atoms with van der Waals surface area (Å²) < 4.78 is 5.30. The predicted molar refractivity (Wildman–Crippen MR) is 68.9 cm³/mol. The minimum absolute atomic E-state index is 0.289. The number of ether oxygens (including phenoxy) is 1. The first kappa shape index (κ1) is 12.5. The summed E-state index contributed by atoms with van der Waals surface area (Å²) in [5.41, 5.74) is 5.37. The zero-order valence-electron chi connectivity index (χ0n) is 10.4. The molecule has 2 aromatic rings. The van der Waals surface area contributed by atoms with Gasteiger partial charge in [0.1, 0.15) is 17.5 Å². The molecule has 5 heteroatoms. The monoisotopic (exact) mass is 244 g/mol. The standard InChI is InChI=1S/C13H16N4O/c1-9-5-3-7-15-11(9)13(17-14)12-10(18-2)6-4-8-16-12/h3-8,13,17H,14H2,1-2H3. The Morgan fingerprint density at radius 2 is 1.83 bits per heavy atom. The molecular formula is C13H16N4O. The highest BCUT2D eigenvalue weighted by Gasteiger charge is 2.20. The highest BCUT2D eigenvalue weighted by Crippen LogP contribution is 2.27. The molecular weight excluding hydrogens is 228 g/mol. The van der Waals surface area contributed by atoms with Crippen LogP contribution < -0.4 is 16.0 Å². The van der Waals surface area contributed by atoms with E-state index in [4.69, 9.17) is 10.6 Å². The van der Waals surface area contributed by atoms with Crippen molar-refractivity contribution >= 4 is 0 Å². The lowest BCUT2D eigenvalue weighted by Gasteiger charge is -2.18. The number of hydrogen-bond donors (Lipinski definition) is 2. The summed E-state index contributed by atoms with van der Waals surface area (Å²) in [7, 11) is 1.61. The van der Waals surface area contributed by atoms with E-state index in [9.17, 15) is 0 Å². The molecule has 0 fully saturated rings. The average molecular weight is 244 g/mol. The normalized spacial score (nSPS) is 12.2. The van der Waals surface area contributed by atoms with Crippen molar-refractivity contribution in [1.29, 1.82) is 0 Å². The molecule has 0 aliphatic carbocycles. The first-order valence-corrected chi connectivity index (χ1v) is 5.64. The van der Waals surface area contributed by atoms with Crippen molar-refractivity contribution < 1.29 is 4.74 Å². The molecule has 0 saturated carbocycles. The van der Waals surface area contributed by atoms with Gasteiger partial charge < -0.3 is 4.74 Å². The Bertz CT molecular complexity index is 530. The fraction of sp³-hybridized carbons (Fsp3) is 0.231. The van der Waals surface area contributed by atoms with Crippen LogP contribution in [0.15, 0.2) is 36.7 Å². The summed E-state index contributed by atoms with van der Waals surface area (Å²) in [5.74, 6) is 6.33. The predicted octanol–water partition coefficient (Wildman–Crippen LogP) is 1.35. The van der Waals surface area contributed by atoms with E-state index < -0.39 is 0 Å². The maximum absolute atomic E-state index is 5.64. The molecule has 3 N–H and O–H groups in total. The molecule has 0 saturated heterocycles. The van der Waals surface area contributed by atoms with Crippen molar-refractivity contribution in [2.45, 2.75) is 13.0 Å². The molecule has 0 aliphatic rings. The SMILES string of the molecule is COc1cccnc1C(NN)c1ncccc1C. The summed E-state index contributed by atoms with van der Waals surface area (Å²) in [6.07, 6.45) is 3.45. The first-order valence-electron chi connectivity index (χ1n) is 5.64. The largest absolute Gasteiger partial charge is 0.495 e. The van der Waals surface area contributed by atoms with Crippen LogP contribution in [0.3, 0.4) is 0 Å². The summed E-state index contributed by atoms with van der Waals surface area (Å²) in [6, 6.07) is 7.26. The van der Waals surface area contributed by atoms with Gasteiger partial charge in [0.05, 0.1) is 12.8 Å². The Morgan fingerprint density at radius 1 is 1.17 bits per heavy atom. The Hall–Kier alpha value is -1.98. The third kappa shape index (κ3) is 2.32. The molecule has 5 nitrogen and oxygen atoms in total. The zero-order valence-corrected chi connectivity index (χ0v) is 10.4. The van der Waals surface area contributed by atoms with Gasteiger partial charge in [-0.15, -0.1) is 0 Å². The van der Waals surface area contributed by atoms with Crippen molar-refractivity contribution in [2.24, 2.45) is 5.84 Å². The summed E-state index contributed by atoms with van der Waals surface area (Å²) in [4.78, 5) is 8.69. The lowest BCUT2D eigenvalue weighted by Crippen LogP contribution is -2.31. The lowest BCUT2D eigenvalue weighted by atomic mass is 10.0. The Kier molecular flexibility index (Phi) is 3.86. The van der Waals surface area contributed by atoms with Crippen LogP contribution in [0.5, 0.6) is 5.75 Å². The van der Waals surface area contributed by atoms with E-state index in [1.807, 2.05) is 31.2 Å². The maximum Gasteiger partial charge on any atom is 0.142 e. The van der Waals surface area contributed by atoms with Crippen LogP contribution in [0, 0.1) is 6.92 Å². The number of hydrogen-bond acceptors (Lipinski definition) is 5. The van der Waals surface area contributed by atoms with Crippen LogP contribution in [0.2, 0.25) is 0 Å². The van der Waals surface area contributed by atoms with Gasteiger partial charge in [-0.1, -0.05) is 6.07 Å². The van der Waals surface area contributed by atoms with Gasteiger partial charge >= 0.3 is 0 Å². The quantitative estimate of drug-likeness (QED) is 0.627. The number of nitrogens with two attached hydrogens (primary N) is 1. The van der Waals surface area contributed by atoms with Gasteiger partial charge in [0, 0.05) is 12.4 Å². The van der Waals surface area contributed by atoms with Gasteiger partial charge in [-0.2, -0.15) is 0 Å². The van der Waals surface area contributed by atoms with Crippen LogP contribution in [-0.4, -0.2) is 17.1 Å². The van der Waals surface area contributed by atoms with Gasteiger partial charge in [-0.05, 0) is 30.7 Å². The maximum atomic E-state index is 5.64. The number of methoxy groups -OCH3 is 1. The van der Waals surface area contributed by atoms with E-state index >= 15 is 0 Å². The Morgan fingerprint density at radius 3 is 2.44 bits per heavy atom. The third-order valence-electron chi connectivity index (χ3n) is 2.78. The number of hydrazine groups is 1. The molecule has 1 atom stereocenters. The number of pyridine rings is 2. The molecule has 94 valence electrons. The van der Waals surface area contributed by atoms with Crippen molar-refractivity contribution in [1.82, 2.24) is 15.4 Å². The number of nitrogens with zero attached hydrogens (tertiary/aromatic N) is 2. The fourth-order valence-corrected chi connectivity index (χ4v) is 1.88. The number of aryl methyl sites for hydroxylation is 1. The van der Waals surface area contributed by atoms with E-state index in [0.717, 1.165) is 17.0 Å². The zero-order chi connectivity index (χ0) is 13.0. The summed E-state index contributed by atoms with van der Waals surface area (Å²) in [5, 5.41) is 0. The minimum Gasteiger partial charge on any atom is -0.495 e. The average Bonchev–Trinajstić information content (AvgIpc) is 2.42. The van der Waals surface area contributed by atoms with Crippen LogP contribution in [0.4, 0.5) is 0 Å². The lowest BCUT2D eigenvalue weighted by molar-refractivity contribution is 0.399. The fourth-order valence-electron chi connectivity index (χ4n) is 1.88. The number of nitrogens with one attached hydrogen (secondary N) is 1. The van der Waals surface area contributed by atoms with Gasteiger partial charge in [0.15, 0.2) is 0 Å². The second kappa shape index (κ2) is 5.57. The summed E-state index contributed by atoms with van der Waals surface area (Å²) >= 11 is 0. The van der Waals surface area contributed by atoms with E-state index in [1.165, 1.54) is 0 Å². The topological polar surface area (TPSA) is 73.1 Å². The molecule has 0 aromatic carbocycles. The van der Waals surface area contributed by atoms with Crippen LogP contribution in [0.25, 0.3) is 0 Å². The molecule has 0 amide bonds. The van der Waals surface area contributed by atoms with Gasteiger partial charge in [-0.3, -0.25) is 15.8 Å². The minimum atomic E-state index is -0.289. The first-order chi connectivity index (χ1) is 8.77. The number of rotatable bonds is 4. The molecule has 0 radical (unpaired) electrons. The van der Waals surface area contributed by atoms with Crippen LogP contribution >= 0.6 is 0 Å². The molecule has 2 rings (SSSR count). The smallest absolute Gasteiger partial charge is 0.142 e. The molecule has 0 aliphatic heterocycles. The Labute approximate surface area is 106 Å². The molecule has 2 heterocycles. The van der Waals surface area contributed by atoms with Crippen molar-refractivity contribution in [3.8, 4) is 5.75 Å².